The average molecular weight is 777 g/mol. The molecule has 1 aromatic heterocycles. The highest BCUT2D eigenvalue weighted by molar-refractivity contribution is 6.12. The molecule has 2 heteroatoms. The number of hydrogen-bond acceptors (Lipinski definition) is 2. The van der Waals surface area contributed by atoms with Crippen LogP contribution < -0.4 is 0 Å². The highest BCUT2D eigenvalue weighted by atomic mass is 14.9. The van der Waals surface area contributed by atoms with Gasteiger partial charge in [-0.05, 0) is 112 Å². The van der Waals surface area contributed by atoms with E-state index in [9.17, 15) is 0 Å². The molecule has 286 valence electrons. The smallest absolute Gasteiger partial charge is 0.161 e. The van der Waals surface area contributed by atoms with Crippen molar-refractivity contribution in [3.8, 4) is 67.3 Å². The molecule has 0 bridgehead atoms. The molecular formula is C59H40N2. The van der Waals surface area contributed by atoms with Crippen molar-refractivity contribution in [2.24, 2.45) is 0 Å². The maximum Gasteiger partial charge on any atom is 0.161 e. The molecule has 0 radical (unpaired) electrons. The highest BCUT2D eigenvalue weighted by Gasteiger charge is 2.36. The Balaban J connectivity index is 0.994. The van der Waals surface area contributed by atoms with Crippen molar-refractivity contribution >= 4 is 43.1 Å². The Kier molecular flexibility index (Phi) is 7.92. The third-order valence-electron chi connectivity index (χ3n) is 13.1. The lowest BCUT2D eigenvalue weighted by Gasteiger charge is -2.22. The first-order valence-corrected chi connectivity index (χ1v) is 21.1. The molecule has 0 saturated carbocycles. The lowest BCUT2D eigenvalue weighted by Crippen LogP contribution is -2.15. The van der Waals surface area contributed by atoms with Crippen molar-refractivity contribution in [1.29, 1.82) is 0 Å². The molecule has 12 rings (SSSR count). The second-order valence-electron chi connectivity index (χ2n) is 16.9. The fraction of sp³-hybridized carbons (Fsp3) is 0.0508. The fourth-order valence-electron chi connectivity index (χ4n) is 10.0. The van der Waals surface area contributed by atoms with Crippen LogP contribution in [0.3, 0.4) is 0 Å². The van der Waals surface area contributed by atoms with Crippen LogP contribution in [0, 0.1) is 0 Å². The minimum absolute atomic E-state index is 0.109. The molecule has 0 saturated heterocycles. The van der Waals surface area contributed by atoms with Gasteiger partial charge in [0, 0.05) is 22.1 Å². The summed E-state index contributed by atoms with van der Waals surface area (Å²) in [5.41, 5.74) is 15.2. The molecule has 11 aromatic rings. The monoisotopic (exact) mass is 776 g/mol. The molecule has 1 aliphatic rings. The largest absolute Gasteiger partial charge is 0.228 e. The Bertz CT molecular complexity index is 3560. The summed E-state index contributed by atoms with van der Waals surface area (Å²) in [4.78, 5) is 10.6. The standard InChI is InChI=1S/C59H40N2/c1-59(2)53-33-27-38-15-8-9-19-44(38)57(53)52-28-26-41(35-54(52)59)43-29-30-49(46-21-11-10-20-45(43)46)50-31-32-51(48-23-13-12-22-47(48)50)58-60-55(39-16-4-3-5-17-39)36-56(61-58)42-25-24-37-14-6-7-18-40(37)34-42/h3-36H,1-2H3. The van der Waals surface area contributed by atoms with E-state index in [1.165, 1.54) is 82.2 Å². The molecule has 61 heavy (non-hydrogen) atoms. The van der Waals surface area contributed by atoms with Gasteiger partial charge in [0.15, 0.2) is 5.82 Å². The Labute approximate surface area is 355 Å². The van der Waals surface area contributed by atoms with Crippen LogP contribution in [0.1, 0.15) is 25.0 Å². The Morgan fingerprint density at radius 2 is 0.820 bits per heavy atom. The zero-order valence-electron chi connectivity index (χ0n) is 34.0. The number of fused-ring (bicyclic) bond motifs is 8. The third-order valence-corrected chi connectivity index (χ3v) is 13.1. The quantitative estimate of drug-likeness (QED) is 0.174. The van der Waals surface area contributed by atoms with Gasteiger partial charge in [0.1, 0.15) is 0 Å². The zero-order valence-corrected chi connectivity index (χ0v) is 34.0. The van der Waals surface area contributed by atoms with Gasteiger partial charge < -0.3 is 0 Å². The molecule has 0 amide bonds. The summed E-state index contributed by atoms with van der Waals surface area (Å²) in [6, 6.07) is 74.9. The second kappa shape index (κ2) is 13.7. The molecule has 0 spiro atoms. The molecule has 1 heterocycles. The van der Waals surface area contributed by atoms with E-state index in [0.717, 1.165) is 33.5 Å². The molecule has 0 unspecified atom stereocenters. The molecule has 10 aromatic carbocycles. The maximum absolute atomic E-state index is 5.31. The van der Waals surface area contributed by atoms with Gasteiger partial charge in [0.2, 0.25) is 0 Å². The van der Waals surface area contributed by atoms with Crippen molar-refractivity contribution in [3.63, 3.8) is 0 Å². The molecule has 2 nitrogen and oxygen atoms in total. The number of rotatable bonds is 5. The molecule has 0 fully saturated rings. The lowest BCUT2D eigenvalue weighted by molar-refractivity contribution is 0.661. The molecule has 0 atom stereocenters. The van der Waals surface area contributed by atoms with Crippen molar-refractivity contribution in [3.05, 3.63) is 217 Å². The van der Waals surface area contributed by atoms with Gasteiger partial charge in [0.05, 0.1) is 11.4 Å². The first-order valence-electron chi connectivity index (χ1n) is 21.1. The molecule has 0 N–H and O–H groups in total. The second-order valence-corrected chi connectivity index (χ2v) is 16.9. The fourth-order valence-corrected chi connectivity index (χ4v) is 10.0. The van der Waals surface area contributed by atoms with E-state index in [0.29, 0.717) is 5.82 Å². The normalized spacial score (nSPS) is 12.9. The lowest BCUT2D eigenvalue weighted by atomic mass is 9.81. The van der Waals surface area contributed by atoms with Gasteiger partial charge in [-0.25, -0.2) is 9.97 Å². The van der Waals surface area contributed by atoms with Crippen LogP contribution in [0.15, 0.2) is 206 Å². The van der Waals surface area contributed by atoms with E-state index in [1.54, 1.807) is 0 Å². The summed E-state index contributed by atoms with van der Waals surface area (Å²) in [5.74, 6) is 0.710. The predicted octanol–water partition coefficient (Wildman–Crippen LogP) is 15.7. The van der Waals surface area contributed by atoms with Crippen molar-refractivity contribution in [1.82, 2.24) is 9.97 Å². The van der Waals surface area contributed by atoms with E-state index >= 15 is 0 Å². The van der Waals surface area contributed by atoms with Crippen LogP contribution in [0.25, 0.3) is 110 Å². The highest BCUT2D eigenvalue weighted by Crippen LogP contribution is 2.52. The molecular weight excluding hydrogens is 737 g/mol. The van der Waals surface area contributed by atoms with Crippen molar-refractivity contribution < 1.29 is 0 Å². The predicted molar refractivity (Wildman–Crippen MR) is 257 cm³/mol. The summed E-state index contributed by atoms with van der Waals surface area (Å²) in [6.45, 7) is 4.75. The summed E-state index contributed by atoms with van der Waals surface area (Å²) >= 11 is 0. The first kappa shape index (κ1) is 35.3. The van der Waals surface area contributed by atoms with Gasteiger partial charge in [-0.1, -0.05) is 196 Å². The Morgan fingerprint density at radius 1 is 0.311 bits per heavy atom. The van der Waals surface area contributed by atoms with Crippen LogP contribution in [0.5, 0.6) is 0 Å². The Hall–Kier alpha value is -7.68. The molecule has 0 aliphatic heterocycles. The van der Waals surface area contributed by atoms with Gasteiger partial charge in [-0.15, -0.1) is 0 Å². The first-order chi connectivity index (χ1) is 30.0. The van der Waals surface area contributed by atoms with Gasteiger partial charge in [0.25, 0.3) is 0 Å². The number of benzene rings is 10. The minimum Gasteiger partial charge on any atom is -0.228 e. The zero-order chi connectivity index (χ0) is 40.7. The number of hydrogen-bond donors (Lipinski definition) is 0. The van der Waals surface area contributed by atoms with Crippen LogP contribution in [-0.4, -0.2) is 9.97 Å². The SMILES string of the molecule is CC1(C)c2cc(-c3ccc(-c4ccc(-c5nc(-c6ccccc6)cc(-c6ccc7ccccc7c6)n5)c5ccccc45)c4ccccc34)ccc2-c2c1ccc1ccccc21. The van der Waals surface area contributed by atoms with Gasteiger partial charge in [-0.3, -0.25) is 0 Å². The Morgan fingerprint density at radius 3 is 1.54 bits per heavy atom. The van der Waals surface area contributed by atoms with E-state index in [-0.39, 0.29) is 5.41 Å². The summed E-state index contributed by atoms with van der Waals surface area (Å²) < 4.78 is 0. The van der Waals surface area contributed by atoms with Crippen LogP contribution >= 0.6 is 0 Å². The van der Waals surface area contributed by atoms with Gasteiger partial charge >= 0.3 is 0 Å². The summed E-state index contributed by atoms with van der Waals surface area (Å²) in [6.07, 6.45) is 0. The summed E-state index contributed by atoms with van der Waals surface area (Å²) in [7, 11) is 0. The average Bonchev–Trinajstić information content (AvgIpc) is 3.56. The number of nitrogens with zero attached hydrogens (tertiary/aromatic N) is 2. The topological polar surface area (TPSA) is 25.8 Å². The van der Waals surface area contributed by atoms with Crippen LogP contribution in [-0.2, 0) is 5.41 Å². The van der Waals surface area contributed by atoms with Gasteiger partial charge in [-0.2, -0.15) is 0 Å². The van der Waals surface area contributed by atoms with E-state index < -0.39 is 0 Å². The van der Waals surface area contributed by atoms with Crippen molar-refractivity contribution in [2.45, 2.75) is 19.3 Å². The van der Waals surface area contributed by atoms with Crippen LogP contribution in [0.2, 0.25) is 0 Å². The molecule has 1 aliphatic carbocycles. The number of aromatic nitrogens is 2. The minimum atomic E-state index is -0.109. The van der Waals surface area contributed by atoms with Crippen LogP contribution in [0.4, 0.5) is 0 Å². The van der Waals surface area contributed by atoms with E-state index in [4.69, 9.17) is 9.97 Å². The van der Waals surface area contributed by atoms with E-state index in [2.05, 4.69) is 214 Å². The van der Waals surface area contributed by atoms with E-state index in [1.807, 2.05) is 6.07 Å². The van der Waals surface area contributed by atoms with Crippen molar-refractivity contribution in [2.75, 3.05) is 0 Å². The third kappa shape index (κ3) is 5.64. The summed E-state index contributed by atoms with van der Waals surface area (Å²) in [5, 5.41) is 9.77. The maximum atomic E-state index is 5.31.